The highest BCUT2D eigenvalue weighted by molar-refractivity contribution is 5.86. The Morgan fingerprint density at radius 1 is 1.29 bits per heavy atom. The predicted molar refractivity (Wildman–Crippen MR) is 69.1 cm³/mol. The van der Waals surface area contributed by atoms with Crippen molar-refractivity contribution in [2.24, 2.45) is 7.05 Å². The summed E-state index contributed by atoms with van der Waals surface area (Å²) in [6.07, 6.45) is 5.84. The third-order valence-corrected chi connectivity index (χ3v) is 2.97. The molecule has 0 amide bonds. The van der Waals surface area contributed by atoms with E-state index in [1.54, 1.807) is 11.0 Å². The topological polar surface area (TPSA) is 46.8 Å². The van der Waals surface area contributed by atoms with Gasteiger partial charge in [-0.05, 0) is 13.3 Å². The van der Waals surface area contributed by atoms with Gasteiger partial charge in [-0.1, -0.05) is 13.3 Å². The first-order valence-corrected chi connectivity index (χ1v) is 6.15. The SMILES string of the molecule is CCCCN(CC)c1ncnc2c1cnn2C. The zero-order valence-electron chi connectivity index (χ0n) is 10.7. The van der Waals surface area contributed by atoms with E-state index in [1.807, 2.05) is 13.2 Å². The number of nitrogens with zero attached hydrogens (tertiary/aromatic N) is 5. The monoisotopic (exact) mass is 233 g/mol. The highest BCUT2D eigenvalue weighted by Crippen LogP contribution is 2.22. The molecule has 2 aromatic heterocycles. The molecule has 0 N–H and O–H groups in total. The number of anilines is 1. The summed E-state index contributed by atoms with van der Waals surface area (Å²) in [5.74, 6) is 0.999. The number of aromatic nitrogens is 4. The van der Waals surface area contributed by atoms with E-state index in [0.717, 1.165) is 29.9 Å². The highest BCUT2D eigenvalue weighted by Gasteiger charge is 2.12. The summed E-state index contributed by atoms with van der Waals surface area (Å²) in [5.41, 5.74) is 0.893. The molecular weight excluding hydrogens is 214 g/mol. The van der Waals surface area contributed by atoms with Crippen molar-refractivity contribution in [2.45, 2.75) is 26.7 Å². The fourth-order valence-electron chi connectivity index (χ4n) is 1.96. The van der Waals surface area contributed by atoms with E-state index < -0.39 is 0 Å². The first kappa shape index (κ1) is 11.8. The summed E-state index contributed by atoms with van der Waals surface area (Å²) < 4.78 is 1.79. The molecule has 2 heterocycles. The molecule has 5 heteroatoms. The van der Waals surface area contributed by atoms with Crippen molar-refractivity contribution in [1.82, 2.24) is 19.7 Å². The Balaban J connectivity index is 2.39. The first-order chi connectivity index (χ1) is 8.27. The van der Waals surface area contributed by atoms with Gasteiger partial charge in [0.1, 0.15) is 12.1 Å². The lowest BCUT2D eigenvalue weighted by molar-refractivity contribution is 0.725. The normalized spacial score (nSPS) is 11.0. The fraction of sp³-hybridized carbons (Fsp3) is 0.583. The van der Waals surface area contributed by atoms with Gasteiger partial charge in [0.2, 0.25) is 0 Å². The molecule has 0 aliphatic heterocycles. The average Bonchev–Trinajstić information content (AvgIpc) is 2.73. The molecule has 2 aromatic rings. The van der Waals surface area contributed by atoms with Crippen LogP contribution in [0.1, 0.15) is 26.7 Å². The summed E-state index contributed by atoms with van der Waals surface area (Å²) >= 11 is 0. The van der Waals surface area contributed by atoms with Crippen molar-refractivity contribution in [3.8, 4) is 0 Å². The fourth-order valence-corrected chi connectivity index (χ4v) is 1.96. The van der Waals surface area contributed by atoms with Gasteiger partial charge in [-0.15, -0.1) is 0 Å². The Labute approximate surface area is 101 Å². The lowest BCUT2D eigenvalue weighted by Crippen LogP contribution is -2.25. The van der Waals surface area contributed by atoms with Crippen LogP contribution < -0.4 is 4.90 Å². The number of hydrogen-bond donors (Lipinski definition) is 0. The van der Waals surface area contributed by atoms with Crippen LogP contribution in [0, 0.1) is 0 Å². The van der Waals surface area contributed by atoms with Gasteiger partial charge >= 0.3 is 0 Å². The minimum absolute atomic E-state index is 0.893. The maximum Gasteiger partial charge on any atom is 0.163 e. The van der Waals surface area contributed by atoms with Gasteiger partial charge in [0.05, 0.1) is 11.6 Å². The molecule has 5 nitrogen and oxygen atoms in total. The number of fused-ring (bicyclic) bond motifs is 1. The summed E-state index contributed by atoms with van der Waals surface area (Å²) in [7, 11) is 1.90. The van der Waals surface area contributed by atoms with Crippen LogP contribution in [0.5, 0.6) is 0 Å². The van der Waals surface area contributed by atoms with Gasteiger partial charge in [0.25, 0.3) is 0 Å². The maximum atomic E-state index is 4.41. The van der Waals surface area contributed by atoms with E-state index in [2.05, 4.69) is 33.8 Å². The first-order valence-electron chi connectivity index (χ1n) is 6.15. The minimum Gasteiger partial charge on any atom is -0.356 e. The molecule has 0 saturated heterocycles. The molecule has 0 saturated carbocycles. The van der Waals surface area contributed by atoms with Gasteiger partial charge < -0.3 is 4.90 Å². The Hall–Kier alpha value is -1.65. The van der Waals surface area contributed by atoms with Crippen molar-refractivity contribution in [3.05, 3.63) is 12.5 Å². The van der Waals surface area contributed by atoms with Crippen LogP contribution in [0.2, 0.25) is 0 Å². The zero-order valence-corrected chi connectivity index (χ0v) is 10.7. The molecule has 0 unspecified atom stereocenters. The second-order valence-electron chi connectivity index (χ2n) is 4.14. The zero-order chi connectivity index (χ0) is 12.3. The molecule has 0 aliphatic carbocycles. The molecular formula is C12H19N5. The molecule has 0 bridgehead atoms. The van der Waals surface area contributed by atoms with Crippen molar-refractivity contribution in [2.75, 3.05) is 18.0 Å². The van der Waals surface area contributed by atoms with Crippen LogP contribution in [0.15, 0.2) is 12.5 Å². The molecule has 0 atom stereocenters. The van der Waals surface area contributed by atoms with E-state index in [0.29, 0.717) is 0 Å². The molecule has 92 valence electrons. The van der Waals surface area contributed by atoms with Gasteiger partial charge in [0.15, 0.2) is 5.65 Å². The van der Waals surface area contributed by atoms with Crippen LogP contribution in [-0.2, 0) is 7.05 Å². The van der Waals surface area contributed by atoms with E-state index >= 15 is 0 Å². The van der Waals surface area contributed by atoms with E-state index in [-0.39, 0.29) is 0 Å². The van der Waals surface area contributed by atoms with Gasteiger partial charge in [-0.2, -0.15) is 5.10 Å². The molecule has 0 spiro atoms. The number of unbranched alkanes of at least 4 members (excludes halogenated alkanes) is 1. The number of hydrogen-bond acceptors (Lipinski definition) is 4. The molecule has 0 aliphatic rings. The second-order valence-corrected chi connectivity index (χ2v) is 4.14. The molecule has 2 rings (SSSR count). The van der Waals surface area contributed by atoms with Crippen LogP contribution >= 0.6 is 0 Å². The number of aryl methyl sites for hydroxylation is 1. The Morgan fingerprint density at radius 3 is 2.82 bits per heavy atom. The average molecular weight is 233 g/mol. The molecule has 0 aromatic carbocycles. The van der Waals surface area contributed by atoms with E-state index in [9.17, 15) is 0 Å². The standard InChI is InChI=1S/C12H19N5/c1-4-6-7-17(5-2)12-10-8-15-16(3)11(10)13-9-14-12/h8-9H,4-7H2,1-3H3. The Kier molecular flexibility index (Phi) is 3.56. The summed E-state index contributed by atoms with van der Waals surface area (Å²) in [6, 6.07) is 0. The van der Waals surface area contributed by atoms with E-state index in [4.69, 9.17) is 0 Å². The minimum atomic E-state index is 0.893. The summed E-state index contributed by atoms with van der Waals surface area (Å²) in [6.45, 7) is 6.35. The van der Waals surface area contributed by atoms with Gasteiger partial charge in [0, 0.05) is 20.1 Å². The lowest BCUT2D eigenvalue weighted by atomic mass is 10.3. The quantitative estimate of drug-likeness (QED) is 0.792. The molecule has 0 radical (unpaired) electrons. The van der Waals surface area contributed by atoms with Crippen LogP contribution in [0.4, 0.5) is 5.82 Å². The van der Waals surface area contributed by atoms with Gasteiger partial charge in [-0.25, -0.2) is 9.97 Å². The number of rotatable bonds is 5. The lowest BCUT2D eigenvalue weighted by Gasteiger charge is -2.21. The van der Waals surface area contributed by atoms with Gasteiger partial charge in [-0.3, -0.25) is 4.68 Å². The van der Waals surface area contributed by atoms with E-state index in [1.165, 1.54) is 12.8 Å². The third-order valence-electron chi connectivity index (χ3n) is 2.97. The second kappa shape index (κ2) is 5.12. The van der Waals surface area contributed by atoms with Crippen LogP contribution in [-0.4, -0.2) is 32.8 Å². The molecule has 0 fully saturated rings. The predicted octanol–water partition coefficient (Wildman–Crippen LogP) is 1.99. The van der Waals surface area contributed by atoms with Crippen LogP contribution in [0.3, 0.4) is 0 Å². The third kappa shape index (κ3) is 2.23. The summed E-state index contributed by atoms with van der Waals surface area (Å²) in [4.78, 5) is 11.0. The van der Waals surface area contributed by atoms with Crippen molar-refractivity contribution >= 4 is 16.9 Å². The Bertz CT molecular complexity index is 491. The maximum absolute atomic E-state index is 4.41. The molecule has 17 heavy (non-hydrogen) atoms. The van der Waals surface area contributed by atoms with Crippen LogP contribution in [0.25, 0.3) is 11.0 Å². The smallest absolute Gasteiger partial charge is 0.163 e. The highest BCUT2D eigenvalue weighted by atomic mass is 15.3. The van der Waals surface area contributed by atoms with Crippen molar-refractivity contribution in [1.29, 1.82) is 0 Å². The van der Waals surface area contributed by atoms with Crippen molar-refractivity contribution in [3.63, 3.8) is 0 Å². The largest absolute Gasteiger partial charge is 0.356 e. The Morgan fingerprint density at radius 2 is 2.12 bits per heavy atom. The summed E-state index contributed by atoms with van der Waals surface area (Å²) in [5, 5.41) is 5.28. The van der Waals surface area contributed by atoms with Crippen molar-refractivity contribution < 1.29 is 0 Å².